The topological polar surface area (TPSA) is 41.9 Å². The van der Waals surface area contributed by atoms with Crippen molar-refractivity contribution in [1.82, 2.24) is 15.0 Å². The zero-order chi connectivity index (χ0) is 15.0. The summed E-state index contributed by atoms with van der Waals surface area (Å²) in [7, 11) is 0. The molecule has 0 bridgehead atoms. The maximum absolute atomic E-state index is 4.54. The van der Waals surface area contributed by atoms with Crippen LogP contribution in [0.4, 0.5) is 5.95 Å². The van der Waals surface area contributed by atoms with Gasteiger partial charge in [0.15, 0.2) is 15.9 Å². The Morgan fingerprint density at radius 1 is 0.700 bits per heavy atom. The first kappa shape index (κ1) is 18.0. The molecule has 0 N–H and O–H groups in total. The molecular formula is C10H10Br6N4. The monoisotopic (exact) mass is 660 g/mol. The van der Waals surface area contributed by atoms with Crippen molar-refractivity contribution in [2.24, 2.45) is 0 Å². The summed E-state index contributed by atoms with van der Waals surface area (Å²) >= 11 is 20.8. The van der Waals surface area contributed by atoms with E-state index in [1.807, 2.05) is 0 Å². The number of aromatic nitrogens is 3. The molecule has 0 saturated carbocycles. The van der Waals surface area contributed by atoms with Gasteiger partial charge in [0.1, 0.15) is 0 Å². The van der Waals surface area contributed by atoms with Crippen LogP contribution in [0.25, 0.3) is 0 Å². The summed E-state index contributed by atoms with van der Waals surface area (Å²) in [5.74, 6) is 1.81. The van der Waals surface area contributed by atoms with Crippen LogP contribution < -0.4 is 4.90 Å². The van der Waals surface area contributed by atoms with Crippen molar-refractivity contribution < 1.29 is 0 Å². The fraction of sp³-hybridized carbons (Fsp3) is 0.700. The van der Waals surface area contributed by atoms with Crippen LogP contribution in [-0.4, -0.2) is 28.0 Å². The molecule has 1 aromatic rings. The summed E-state index contributed by atoms with van der Waals surface area (Å²) in [5, 5.41) is 0. The minimum Gasteiger partial charge on any atom is -0.341 e. The molecule has 1 saturated heterocycles. The highest BCUT2D eigenvalue weighted by molar-refractivity contribution is 9.39. The van der Waals surface area contributed by atoms with E-state index in [4.69, 9.17) is 0 Å². The van der Waals surface area contributed by atoms with E-state index in [2.05, 4.69) is 115 Å². The van der Waals surface area contributed by atoms with Crippen molar-refractivity contribution >= 4 is 102 Å². The number of alkyl halides is 6. The largest absolute Gasteiger partial charge is 0.341 e. The van der Waals surface area contributed by atoms with Crippen LogP contribution in [0.5, 0.6) is 0 Å². The molecule has 4 nitrogen and oxygen atoms in total. The molecule has 0 aliphatic carbocycles. The van der Waals surface area contributed by atoms with Crippen molar-refractivity contribution in [3.63, 3.8) is 0 Å². The first-order valence-electron chi connectivity index (χ1n) is 5.83. The molecule has 1 aliphatic rings. The van der Waals surface area contributed by atoms with Gasteiger partial charge in [-0.15, -0.1) is 0 Å². The zero-order valence-corrected chi connectivity index (χ0v) is 19.6. The van der Waals surface area contributed by atoms with Crippen LogP contribution in [0.3, 0.4) is 0 Å². The van der Waals surface area contributed by atoms with Crippen molar-refractivity contribution in [1.29, 1.82) is 0 Å². The predicted octanol–water partition coefficient (Wildman–Crippen LogP) is 5.45. The fourth-order valence-electron chi connectivity index (χ4n) is 1.85. The van der Waals surface area contributed by atoms with Crippen molar-refractivity contribution in [3.05, 3.63) is 11.6 Å². The first-order chi connectivity index (χ1) is 9.18. The lowest BCUT2D eigenvalue weighted by molar-refractivity contribution is 0.565. The summed E-state index contributed by atoms with van der Waals surface area (Å²) in [6, 6.07) is 0. The molecule has 0 unspecified atom stereocenters. The quantitative estimate of drug-likeness (QED) is 0.375. The van der Waals surface area contributed by atoms with E-state index >= 15 is 0 Å². The standard InChI is InChI=1S/C10H10Br6N4/c11-9(12,13)6-17-7(10(14,15)16)19-8(18-6)20-4-2-1-3-5-20/h1-5H2. The van der Waals surface area contributed by atoms with Crippen LogP contribution in [0.2, 0.25) is 0 Å². The molecular weight excluding hydrogens is 656 g/mol. The van der Waals surface area contributed by atoms with Crippen LogP contribution in [0.1, 0.15) is 30.9 Å². The van der Waals surface area contributed by atoms with Gasteiger partial charge >= 0.3 is 0 Å². The number of nitrogens with zero attached hydrogens (tertiary/aromatic N) is 4. The number of piperidine rings is 1. The van der Waals surface area contributed by atoms with Crippen molar-refractivity contribution in [3.8, 4) is 0 Å². The molecule has 1 aromatic heterocycles. The Balaban J connectivity index is 2.45. The lowest BCUT2D eigenvalue weighted by Crippen LogP contribution is -2.32. The highest BCUT2D eigenvalue weighted by atomic mass is 80.0. The minimum absolute atomic E-state index is 0.561. The number of anilines is 1. The average molecular weight is 666 g/mol. The summed E-state index contributed by atoms with van der Waals surface area (Å²) < 4.78 is -1.35. The molecule has 1 fully saturated rings. The first-order valence-corrected chi connectivity index (χ1v) is 10.6. The second kappa shape index (κ2) is 7.07. The molecule has 0 aromatic carbocycles. The summed E-state index contributed by atoms with van der Waals surface area (Å²) in [6.07, 6.45) is 3.60. The van der Waals surface area contributed by atoms with Crippen LogP contribution in [0, 0.1) is 0 Å². The molecule has 20 heavy (non-hydrogen) atoms. The van der Waals surface area contributed by atoms with Gasteiger partial charge in [-0.05, 0) is 19.3 Å². The lowest BCUT2D eigenvalue weighted by Gasteiger charge is -2.28. The van der Waals surface area contributed by atoms with Gasteiger partial charge in [0.2, 0.25) is 5.95 Å². The van der Waals surface area contributed by atoms with Crippen LogP contribution in [0.15, 0.2) is 0 Å². The number of hydrogen-bond acceptors (Lipinski definition) is 4. The summed E-state index contributed by atoms with van der Waals surface area (Å²) in [4.78, 5) is 15.7. The maximum atomic E-state index is 4.54. The maximum Gasteiger partial charge on any atom is 0.229 e. The third-order valence-electron chi connectivity index (χ3n) is 2.77. The van der Waals surface area contributed by atoms with E-state index < -0.39 is 4.29 Å². The molecule has 0 radical (unpaired) electrons. The average Bonchev–Trinajstić information content (AvgIpc) is 2.37. The van der Waals surface area contributed by atoms with Gasteiger partial charge in [0.25, 0.3) is 0 Å². The second-order valence-corrected chi connectivity index (χ2v) is 17.8. The molecule has 2 heterocycles. The summed E-state index contributed by atoms with van der Waals surface area (Å²) in [6.45, 7) is 1.95. The molecule has 0 spiro atoms. The molecule has 112 valence electrons. The normalized spacial score (nSPS) is 17.4. The van der Waals surface area contributed by atoms with Crippen LogP contribution in [-0.2, 0) is 4.29 Å². The van der Waals surface area contributed by atoms with Gasteiger partial charge in [-0.1, -0.05) is 95.6 Å². The van der Waals surface area contributed by atoms with Crippen molar-refractivity contribution in [2.45, 2.75) is 23.5 Å². The zero-order valence-electron chi connectivity index (χ0n) is 10.1. The van der Waals surface area contributed by atoms with E-state index in [9.17, 15) is 0 Å². The van der Waals surface area contributed by atoms with E-state index in [0.717, 1.165) is 13.1 Å². The molecule has 10 heteroatoms. The van der Waals surface area contributed by atoms with Gasteiger partial charge < -0.3 is 4.90 Å². The van der Waals surface area contributed by atoms with E-state index in [0.29, 0.717) is 17.6 Å². The smallest absolute Gasteiger partial charge is 0.229 e. The molecule has 2 rings (SSSR count). The Morgan fingerprint density at radius 3 is 1.55 bits per heavy atom. The highest BCUT2D eigenvalue weighted by Crippen LogP contribution is 2.46. The van der Waals surface area contributed by atoms with Crippen molar-refractivity contribution in [2.75, 3.05) is 18.0 Å². The highest BCUT2D eigenvalue weighted by Gasteiger charge is 2.32. The van der Waals surface area contributed by atoms with Gasteiger partial charge in [-0.2, -0.15) is 9.97 Å². The van der Waals surface area contributed by atoms with Gasteiger partial charge in [-0.25, -0.2) is 4.98 Å². The molecule has 0 amide bonds. The minimum atomic E-state index is -0.673. The van der Waals surface area contributed by atoms with E-state index in [-0.39, 0.29) is 0 Å². The molecule has 0 atom stereocenters. The fourth-order valence-corrected chi connectivity index (χ4v) is 2.92. The number of hydrogen-bond donors (Lipinski definition) is 0. The summed E-state index contributed by atoms with van der Waals surface area (Å²) in [5.41, 5.74) is 0. The Labute approximate surface area is 168 Å². The molecule has 1 aliphatic heterocycles. The van der Waals surface area contributed by atoms with E-state index in [1.165, 1.54) is 19.3 Å². The predicted molar refractivity (Wildman–Crippen MR) is 103 cm³/mol. The Hall–Kier alpha value is 1.69. The third-order valence-corrected chi connectivity index (χ3v) is 4.90. The number of rotatable bonds is 1. The van der Waals surface area contributed by atoms with Gasteiger partial charge in [-0.3, -0.25) is 0 Å². The van der Waals surface area contributed by atoms with Crippen LogP contribution >= 0.6 is 95.6 Å². The Kier molecular flexibility index (Phi) is 6.37. The SMILES string of the molecule is BrC(Br)(Br)c1nc(N2CCCCC2)nc(C(Br)(Br)Br)n1. The Morgan fingerprint density at radius 2 is 1.15 bits per heavy atom. The van der Waals surface area contributed by atoms with E-state index in [1.54, 1.807) is 0 Å². The van der Waals surface area contributed by atoms with Gasteiger partial charge in [0.05, 0.1) is 0 Å². The second-order valence-electron chi connectivity index (χ2n) is 4.33. The number of halogens is 6. The lowest BCUT2D eigenvalue weighted by atomic mass is 10.1. The third kappa shape index (κ3) is 4.84. The Bertz CT molecular complexity index is 445. The van der Waals surface area contributed by atoms with Gasteiger partial charge in [0, 0.05) is 13.1 Å².